The van der Waals surface area contributed by atoms with Crippen molar-refractivity contribution in [3.05, 3.63) is 49.1 Å². The monoisotopic (exact) mass is 164 g/mol. The van der Waals surface area contributed by atoms with E-state index < -0.39 is 0 Å². The van der Waals surface area contributed by atoms with Gasteiger partial charge in [0.2, 0.25) is 0 Å². The molecule has 0 heterocycles. The Bertz CT molecular complexity index is 222. The lowest BCUT2D eigenvalue weighted by Crippen LogP contribution is -1.92. The van der Waals surface area contributed by atoms with E-state index in [1.54, 1.807) is 30.4 Å². The molecule has 2 nitrogen and oxygen atoms in total. The van der Waals surface area contributed by atoms with Gasteiger partial charge < -0.3 is 4.74 Å². The van der Waals surface area contributed by atoms with Crippen LogP contribution in [0, 0.1) is 0 Å². The van der Waals surface area contributed by atoms with Crippen molar-refractivity contribution in [3.8, 4) is 0 Å². The van der Waals surface area contributed by atoms with Gasteiger partial charge in [0, 0.05) is 6.08 Å². The van der Waals surface area contributed by atoms with E-state index in [1.165, 1.54) is 13.2 Å². The smallest absolute Gasteiger partial charge is 0.330 e. The number of methoxy groups -OCH3 is 1. The average Bonchev–Trinajstić information content (AvgIpc) is 2.10. The van der Waals surface area contributed by atoms with E-state index in [4.69, 9.17) is 0 Å². The molecule has 0 aliphatic rings. The van der Waals surface area contributed by atoms with Crippen LogP contribution in [0.4, 0.5) is 0 Å². The molecular weight excluding hydrogens is 152 g/mol. The molecule has 0 aromatic heterocycles. The van der Waals surface area contributed by atoms with Crippen LogP contribution >= 0.6 is 0 Å². The first kappa shape index (κ1) is 10.4. The Labute approximate surface area is 72.5 Å². The predicted octanol–water partition coefficient (Wildman–Crippen LogP) is 2.01. The van der Waals surface area contributed by atoms with Gasteiger partial charge in [-0.25, -0.2) is 4.79 Å². The molecule has 0 N–H and O–H groups in total. The summed E-state index contributed by atoms with van der Waals surface area (Å²) in [5, 5.41) is 0. The minimum atomic E-state index is -0.354. The predicted molar refractivity (Wildman–Crippen MR) is 49.6 cm³/mol. The second-order valence-corrected chi connectivity index (χ2v) is 1.89. The van der Waals surface area contributed by atoms with Crippen LogP contribution in [0.3, 0.4) is 0 Å². The van der Waals surface area contributed by atoms with Crippen molar-refractivity contribution in [3.63, 3.8) is 0 Å². The van der Waals surface area contributed by atoms with Gasteiger partial charge in [0.15, 0.2) is 0 Å². The van der Waals surface area contributed by atoms with Gasteiger partial charge in [-0.05, 0) is 0 Å². The molecule has 0 unspecified atom stereocenters. The molecule has 0 aliphatic carbocycles. The normalized spacial score (nSPS) is 11.4. The fraction of sp³-hybridized carbons (Fsp3) is 0.100. The van der Waals surface area contributed by atoms with Crippen LogP contribution < -0.4 is 0 Å². The summed E-state index contributed by atoms with van der Waals surface area (Å²) in [6, 6.07) is 0. The van der Waals surface area contributed by atoms with Crippen molar-refractivity contribution >= 4 is 5.97 Å². The molecule has 0 spiro atoms. The van der Waals surface area contributed by atoms with Crippen LogP contribution in [-0.4, -0.2) is 13.1 Å². The fourth-order valence-electron chi connectivity index (χ4n) is 0.473. The van der Waals surface area contributed by atoms with Gasteiger partial charge in [0.05, 0.1) is 7.11 Å². The molecule has 0 atom stereocenters. The van der Waals surface area contributed by atoms with Crippen molar-refractivity contribution in [1.29, 1.82) is 0 Å². The molecule has 0 rings (SSSR count). The molecule has 0 bridgehead atoms. The maximum Gasteiger partial charge on any atom is 0.330 e. The van der Waals surface area contributed by atoms with Crippen LogP contribution in [0.25, 0.3) is 0 Å². The number of esters is 1. The van der Waals surface area contributed by atoms with E-state index in [2.05, 4.69) is 11.3 Å². The fourth-order valence-corrected chi connectivity index (χ4v) is 0.473. The molecule has 0 aliphatic heterocycles. The molecule has 0 fully saturated rings. The van der Waals surface area contributed by atoms with Gasteiger partial charge >= 0.3 is 5.97 Å². The van der Waals surface area contributed by atoms with E-state index in [1.807, 2.05) is 6.08 Å². The second kappa shape index (κ2) is 7.54. The zero-order valence-corrected chi connectivity index (χ0v) is 7.07. The van der Waals surface area contributed by atoms with Crippen LogP contribution in [0.15, 0.2) is 49.1 Å². The summed E-state index contributed by atoms with van der Waals surface area (Å²) in [7, 11) is 1.34. The molecule has 64 valence electrons. The van der Waals surface area contributed by atoms with Crippen LogP contribution in [-0.2, 0) is 9.53 Å². The summed E-state index contributed by atoms with van der Waals surface area (Å²) >= 11 is 0. The van der Waals surface area contributed by atoms with Crippen molar-refractivity contribution in [1.82, 2.24) is 0 Å². The van der Waals surface area contributed by atoms with Gasteiger partial charge in [-0.1, -0.05) is 43.0 Å². The first-order valence-electron chi connectivity index (χ1n) is 3.51. The molecule has 2 heteroatoms. The Morgan fingerprint density at radius 1 is 1.17 bits per heavy atom. The van der Waals surface area contributed by atoms with E-state index in [0.29, 0.717) is 0 Å². The maximum absolute atomic E-state index is 10.5. The van der Waals surface area contributed by atoms with Gasteiger partial charge in [-0.15, -0.1) is 0 Å². The largest absolute Gasteiger partial charge is 0.466 e. The Hall–Kier alpha value is -1.57. The van der Waals surface area contributed by atoms with Gasteiger partial charge in [-0.2, -0.15) is 0 Å². The Balaban J connectivity index is 3.73. The minimum absolute atomic E-state index is 0.354. The molecule has 0 saturated carbocycles. The zero-order valence-electron chi connectivity index (χ0n) is 7.07. The molecule has 0 amide bonds. The maximum atomic E-state index is 10.5. The third-order valence-electron chi connectivity index (χ3n) is 1.01. The van der Waals surface area contributed by atoms with Crippen molar-refractivity contribution in [2.75, 3.05) is 7.11 Å². The number of rotatable bonds is 4. The molecule has 0 aromatic carbocycles. The lowest BCUT2D eigenvalue weighted by molar-refractivity contribution is -0.134. The highest BCUT2D eigenvalue weighted by molar-refractivity contribution is 5.82. The van der Waals surface area contributed by atoms with E-state index in [9.17, 15) is 4.79 Å². The lowest BCUT2D eigenvalue weighted by Gasteiger charge is -1.85. The number of hydrogen-bond donors (Lipinski definition) is 0. The summed E-state index contributed by atoms with van der Waals surface area (Å²) in [6.45, 7) is 3.51. The highest BCUT2D eigenvalue weighted by Gasteiger charge is 1.85. The van der Waals surface area contributed by atoms with Crippen LogP contribution in [0.5, 0.6) is 0 Å². The van der Waals surface area contributed by atoms with Crippen molar-refractivity contribution in [2.45, 2.75) is 0 Å². The highest BCUT2D eigenvalue weighted by atomic mass is 16.5. The quantitative estimate of drug-likeness (QED) is 0.361. The van der Waals surface area contributed by atoms with E-state index >= 15 is 0 Å². The van der Waals surface area contributed by atoms with E-state index in [0.717, 1.165) is 0 Å². The molecular formula is C10H12O2. The first-order valence-corrected chi connectivity index (χ1v) is 3.51. The third-order valence-corrected chi connectivity index (χ3v) is 1.01. The third kappa shape index (κ3) is 6.55. The topological polar surface area (TPSA) is 26.3 Å². The number of carbonyl (C=O) groups is 1. The Morgan fingerprint density at radius 3 is 2.33 bits per heavy atom. The minimum Gasteiger partial charge on any atom is -0.466 e. The van der Waals surface area contributed by atoms with Gasteiger partial charge in [-0.3, -0.25) is 0 Å². The van der Waals surface area contributed by atoms with Gasteiger partial charge in [0.25, 0.3) is 0 Å². The summed E-state index contributed by atoms with van der Waals surface area (Å²) in [4.78, 5) is 10.5. The number of ether oxygens (including phenoxy) is 1. The summed E-state index contributed by atoms with van der Waals surface area (Å²) < 4.78 is 4.38. The first-order chi connectivity index (χ1) is 5.81. The van der Waals surface area contributed by atoms with Crippen LogP contribution in [0.2, 0.25) is 0 Å². The standard InChI is InChI=1S/C10H12O2/c1-3-4-5-6-7-8-9-10(11)12-2/h3-9H,1H2,2H3/b5-4?,7-6+,9-8+. The second-order valence-electron chi connectivity index (χ2n) is 1.89. The number of hydrogen-bond acceptors (Lipinski definition) is 2. The summed E-state index contributed by atoms with van der Waals surface area (Å²) in [6.07, 6.45) is 11.8. The van der Waals surface area contributed by atoms with Crippen molar-refractivity contribution < 1.29 is 9.53 Å². The molecule has 0 radical (unpaired) electrons. The molecule has 12 heavy (non-hydrogen) atoms. The highest BCUT2D eigenvalue weighted by Crippen LogP contribution is 1.82. The van der Waals surface area contributed by atoms with Crippen LogP contribution in [0.1, 0.15) is 0 Å². The number of allylic oxidation sites excluding steroid dienone is 6. The summed E-state index contributed by atoms with van der Waals surface area (Å²) in [5.74, 6) is -0.354. The number of carbonyl (C=O) groups excluding carboxylic acids is 1. The lowest BCUT2D eigenvalue weighted by atomic mass is 10.4. The van der Waals surface area contributed by atoms with Crippen molar-refractivity contribution in [2.24, 2.45) is 0 Å². The molecule has 0 aromatic rings. The summed E-state index contributed by atoms with van der Waals surface area (Å²) in [5.41, 5.74) is 0. The van der Waals surface area contributed by atoms with Gasteiger partial charge in [0.1, 0.15) is 0 Å². The zero-order chi connectivity index (χ0) is 9.23. The SMILES string of the molecule is C=CC=C/C=C/C=C/C(=O)OC. The average molecular weight is 164 g/mol. The molecule has 0 saturated heterocycles. The Morgan fingerprint density at radius 2 is 1.75 bits per heavy atom. The van der Waals surface area contributed by atoms with E-state index in [-0.39, 0.29) is 5.97 Å². The Kier molecular flexibility index (Phi) is 6.55.